The summed E-state index contributed by atoms with van der Waals surface area (Å²) in [5.41, 5.74) is -0.580. The Balaban J connectivity index is 2.31. The lowest BCUT2D eigenvalue weighted by molar-refractivity contribution is -0.117. The fourth-order valence-corrected chi connectivity index (χ4v) is 3.78. The van der Waals surface area contributed by atoms with E-state index in [0.29, 0.717) is 5.57 Å². The van der Waals surface area contributed by atoms with Crippen molar-refractivity contribution in [1.82, 2.24) is 0 Å². The van der Waals surface area contributed by atoms with Crippen LogP contribution >= 0.6 is 0 Å². The number of aliphatic hydroxyl groups is 1. The summed E-state index contributed by atoms with van der Waals surface area (Å²) in [7, 11) is 0. The normalized spacial score (nSPS) is 24.4. The van der Waals surface area contributed by atoms with Gasteiger partial charge < -0.3 is 5.11 Å². The molecule has 0 amide bonds. The molecule has 0 saturated carbocycles. The molecule has 0 saturated heterocycles. The van der Waals surface area contributed by atoms with Gasteiger partial charge in [-0.15, -0.1) is 0 Å². The Kier molecular flexibility index (Phi) is 3.57. The van der Waals surface area contributed by atoms with E-state index in [1.807, 2.05) is 50.3 Å². The Morgan fingerprint density at radius 1 is 1.17 bits per heavy atom. The monoisotopic (exact) mass is 318 g/mol. The summed E-state index contributed by atoms with van der Waals surface area (Å²) >= 11 is 0. The summed E-state index contributed by atoms with van der Waals surface area (Å²) in [6.07, 6.45) is 2.20. The Morgan fingerprint density at radius 2 is 1.79 bits per heavy atom. The van der Waals surface area contributed by atoms with Crippen LogP contribution < -0.4 is 0 Å². The first-order valence-electron chi connectivity index (χ1n) is 7.91. The number of hydrogen-bond acceptors (Lipinski definition) is 4. The van der Waals surface area contributed by atoms with Crippen molar-refractivity contribution in [2.24, 2.45) is 10.8 Å². The van der Waals surface area contributed by atoms with Crippen LogP contribution in [0.2, 0.25) is 0 Å². The van der Waals surface area contributed by atoms with Crippen LogP contribution in [0.5, 0.6) is 0 Å². The van der Waals surface area contributed by atoms with Gasteiger partial charge in [-0.25, -0.2) is 0 Å². The molecule has 1 atom stereocenters. The van der Waals surface area contributed by atoms with Crippen molar-refractivity contribution < 1.29 is 9.90 Å². The van der Waals surface area contributed by atoms with Crippen molar-refractivity contribution in [1.29, 1.82) is 10.5 Å². The molecule has 0 aliphatic heterocycles. The third kappa shape index (κ3) is 2.23. The van der Waals surface area contributed by atoms with Crippen LogP contribution in [-0.2, 0) is 4.79 Å². The van der Waals surface area contributed by atoms with E-state index >= 15 is 0 Å². The summed E-state index contributed by atoms with van der Waals surface area (Å²) in [6.45, 7) is 3.80. The summed E-state index contributed by atoms with van der Waals surface area (Å²) in [5.74, 6) is -0.724. The van der Waals surface area contributed by atoms with Crippen molar-refractivity contribution >= 4 is 5.78 Å². The van der Waals surface area contributed by atoms with Gasteiger partial charge in [0, 0.05) is 18.8 Å². The number of nitrogens with zero attached hydrogens (tertiary/aromatic N) is 2. The van der Waals surface area contributed by atoms with E-state index in [4.69, 9.17) is 0 Å². The third-order valence-electron chi connectivity index (χ3n) is 4.89. The molecule has 3 rings (SSSR count). The number of allylic oxidation sites excluding steroid dienone is 4. The van der Waals surface area contributed by atoms with Gasteiger partial charge in [-0.2, -0.15) is 10.5 Å². The predicted octanol–water partition coefficient (Wildman–Crippen LogP) is 3.94. The maximum absolute atomic E-state index is 12.5. The number of fused-ring (bicyclic) bond motifs is 1. The molecule has 24 heavy (non-hydrogen) atoms. The van der Waals surface area contributed by atoms with Crippen LogP contribution in [0.15, 0.2) is 53.3 Å². The van der Waals surface area contributed by atoms with Crippen LogP contribution in [-0.4, -0.2) is 10.9 Å². The van der Waals surface area contributed by atoms with Crippen molar-refractivity contribution in [2.45, 2.75) is 32.6 Å². The van der Waals surface area contributed by atoms with E-state index in [0.717, 1.165) is 5.56 Å². The highest BCUT2D eigenvalue weighted by Gasteiger charge is 2.53. The second kappa shape index (κ2) is 5.35. The number of nitriles is 2. The quantitative estimate of drug-likeness (QED) is 0.849. The van der Waals surface area contributed by atoms with Gasteiger partial charge >= 0.3 is 0 Å². The molecule has 4 nitrogen and oxygen atoms in total. The van der Waals surface area contributed by atoms with E-state index in [1.165, 1.54) is 0 Å². The summed E-state index contributed by atoms with van der Waals surface area (Å²) in [5, 5.41) is 30.4. The number of carbonyl (C=O) groups is 1. The molecule has 0 aromatic heterocycles. The highest BCUT2D eigenvalue weighted by molar-refractivity contribution is 6.03. The molecule has 0 spiro atoms. The molecule has 0 unspecified atom stereocenters. The number of benzene rings is 1. The molecular formula is C20H18N2O2. The molecule has 4 heteroatoms. The minimum absolute atomic E-state index is 0.0169. The van der Waals surface area contributed by atoms with E-state index in [2.05, 4.69) is 12.1 Å². The summed E-state index contributed by atoms with van der Waals surface area (Å²) in [6, 6.07) is 13.6. The summed E-state index contributed by atoms with van der Waals surface area (Å²) < 4.78 is 0. The number of hydrogen-bond donors (Lipinski definition) is 1. The molecule has 0 radical (unpaired) electrons. The first-order valence-corrected chi connectivity index (χ1v) is 7.91. The minimum Gasteiger partial charge on any atom is -0.512 e. The Morgan fingerprint density at radius 3 is 2.38 bits per heavy atom. The average molecular weight is 318 g/mol. The van der Waals surface area contributed by atoms with Crippen molar-refractivity contribution in [2.75, 3.05) is 0 Å². The first-order chi connectivity index (χ1) is 11.3. The van der Waals surface area contributed by atoms with Crippen LogP contribution in [0.4, 0.5) is 0 Å². The molecular weight excluding hydrogens is 300 g/mol. The van der Waals surface area contributed by atoms with Gasteiger partial charge in [0.2, 0.25) is 0 Å². The van der Waals surface area contributed by atoms with Gasteiger partial charge in [-0.3, -0.25) is 4.79 Å². The molecule has 0 fully saturated rings. The number of aliphatic hydroxyl groups excluding tert-OH is 1. The second-order valence-corrected chi connectivity index (χ2v) is 7.17. The highest BCUT2D eigenvalue weighted by Crippen LogP contribution is 2.55. The van der Waals surface area contributed by atoms with E-state index in [9.17, 15) is 20.4 Å². The smallest absolute Gasteiger partial charge is 0.176 e. The maximum atomic E-state index is 12.5. The second-order valence-electron chi connectivity index (χ2n) is 7.17. The van der Waals surface area contributed by atoms with Crippen molar-refractivity contribution in [3.8, 4) is 12.1 Å². The lowest BCUT2D eigenvalue weighted by atomic mass is 9.58. The van der Waals surface area contributed by atoms with E-state index in [1.54, 1.807) is 0 Å². The largest absolute Gasteiger partial charge is 0.512 e. The van der Waals surface area contributed by atoms with Crippen molar-refractivity contribution in [3.05, 3.63) is 58.9 Å². The molecule has 0 bridgehead atoms. The zero-order chi connectivity index (χ0) is 17.5. The topological polar surface area (TPSA) is 84.9 Å². The number of Topliss-reactive ketones (excluding diaryl/α,β-unsaturated/α-hetero) is 1. The predicted molar refractivity (Wildman–Crippen MR) is 88.6 cm³/mol. The molecule has 1 aromatic rings. The summed E-state index contributed by atoms with van der Waals surface area (Å²) in [4.78, 5) is 12.5. The fraction of sp³-hybridized carbons (Fsp3) is 0.350. The number of carbonyl (C=O) groups excluding carboxylic acids is 1. The molecule has 120 valence electrons. The number of ketones is 1. The van der Waals surface area contributed by atoms with E-state index in [-0.39, 0.29) is 30.0 Å². The zero-order valence-electron chi connectivity index (χ0n) is 13.7. The van der Waals surface area contributed by atoms with Gasteiger partial charge in [0.1, 0.15) is 5.76 Å². The highest BCUT2D eigenvalue weighted by atomic mass is 16.3. The van der Waals surface area contributed by atoms with Crippen LogP contribution in [0.3, 0.4) is 0 Å². The SMILES string of the molecule is CC1(C)C=C2C(=C(O)C[C@@H](c3ccccc3)C2(C#N)C#N)C(=O)C1. The standard InChI is InChI=1S/C20H18N2O2/c1-19(2)9-15-18(17(24)10-19)16(23)8-14(20(15,11-21)12-22)13-6-4-3-5-7-13/h3-7,9,14,23H,8,10H2,1-2H3/t14-/m0/s1. The minimum atomic E-state index is -1.48. The Bertz CT molecular complexity index is 834. The number of rotatable bonds is 1. The lowest BCUT2D eigenvalue weighted by Gasteiger charge is -2.41. The van der Waals surface area contributed by atoms with Gasteiger partial charge in [-0.1, -0.05) is 50.3 Å². The average Bonchev–Trinajstić information content (AvgIpc) is 2.54. The molecule has 2 aliphatic rings. The zero-order valence-corrected chi connectivity index (χ0v) is 13.7. The Labute approximate surface area is 141 Å². The van der Waals surface area contributed by atoms with Gasteiger partial charge in [0.25, 0.3) is 0 Å². The first kappa shape index (κ1) is 16.0. The van der Waals surface area contributed by atoms with Crippen LogP contribution in [0.1, 0.15) is 38.2 Å². The fourth-order valence-electron chi connectivity index (χ4n) is 3.78. The van der Waals surface area contributed by atoms with Gasteiger partial charge in [0.15, 0.2) is 11.2 Å². The third-order valence-corrected chi connectivity index (χ3v) is 4.89. The van der Waals surface area contributed by atoms with Crippen LogP contribution in [0, 0.1) is 33.5 Å². The van der Waals surface area contributed by atoms with Crippen molar-refractivity contribution in [3.63, 3.8) is 0 Å². The Hall–Kier alpha value is -2.85. The molecule has 1 N–H and O–H groups in total. The maximum Gasteiger partial charge on any atom is 0.176 e. The van der Waals surface area contributed by atoms with E-state index < -0.39 is 16.7 Å². The molecule has 1 aromatic carbocycles. The lowest BCUT2D eigenvalue weighted by Crippen LogP contribution is -2.39. The molecule has 0 heterocycles. The van der Waals surface area contributed by atoms with Gasteiger partial charge in [0.05, 0.1) is 17.7 Å². The molecule has 2 aliphatic carbocycles. The van der Waals surface area contributed by atoms with Crippen LogP contribution in [0.25, 0.3) is 0 Å². The van der Waals surface area contributed by atoms with Gasteiger partial charge in [-0.05, 0) is 16.6 Å².